The van der Waals surface area contributed by atoms with Gasteiger partial charge in [0.2, 0.25) is 15.9 Å². The van der Waals surface area contributed by atoms with Gasteiger partial charge in [0, 0.05) is 24.8 Å². The van der Waals surface area contributed by atoms with Crippen LogP contribution >= 0.6 is 0 Å². The summed E-state index contributed by atoms with van der Waals surface area (Å²) in [5.41, 5.74) is 2.31. The molecule has 48 heavy (non-hydrogen) atoms. The van der Waals surface area contributed by atoms with Crippen molar-refractivity contribution in [1.82, 2.24) is 24.6 Å². The number of aromatic nitrogens is 3. The fourth-order valence-electron chi connectivity index (χ4n) is 6.91. The first-order valence-electron chi connectivity index (χ1n) is 16.8. The number of nitrogens with one attached hydrogen (secondary N) is 1. The van der Waals surface area contributed by atoms with Gasteiger partial charge in [-0.25, -0.2) is 13.1 Å². The number of para-hydroxylation sites is 1. The van der Waals surface area contributed by atoms with Crippen molar-refractivity contribution in [3.8, 4) is 5.75 Å². The third-order valence-corrected chi connectivity index (χ3v) is 11.5. The number of methoxy groups -OCH3 is 1. The van der Waals surface area contributed by atoms with Gasteiger partial charge in [0.15, 0.2) is 0 Å². The SMILES string of the molecule is COc1ccc(C(C(=O)NC2CCCCC2)N(C(=O)C(C)n2nnc3ccccc32)c2ccc(S(=O)(=O)N3CCCC(C)C3)cc2)cc1. The second-order valence-electron chi connectivity index (χ2n) is 13.0. The van der Waals surface area contributed by atoms with Crippen LogP contribution in [0.15, 0.2) is 77.7 Å². The number of benzene rings is 3. The molecule has 254 valence electrons. The second-order valence-corrected chi connectivity index (χ2v) is 15.0. The van der Waals surface area contributed by atoms with Gasteiger partial charge in [0.05, 0.1) is 17.5 Å². The highest BCUT2D eigenvalue weighted by Gasteiger charge is 2.38. The highest BCUT2D eigenvalue weighted by molar-refractivity contribution is 7.89. The van der Waals surface area contributed by atoms with Crippen LogP contribution in [0.5, 0.6) is 5.75 Å². The van der Waals surface area contributed by atoms with Crippen LogP contribution in [0.3, 0.4) is 0 Å². The zero-order chi connectivity index (χ0) is 33.8. The van der Waals surface area contributed by atoms with Crippen molar-refractivity contribution in [3.63, 3.8) is 0 Å². The molecule has 1 N–H and O–H groups in total. The van der Waals surface area contributed by atoms with E-state index in [1.54, 1.807) is 55.1 Å². The molecule has 2 fully saturated rings. The molecule has 3 atom stereocenters. The average Bonchev–Trinajstić information content (AvgIpc) is 3.55. The molecule has 3 unspecified atom stereocenters. The number of piperidine rings is 1. The number of carbonyl (C=O) groups is 2. The topological polar surface area (TPSA) is 127 Å². The van der Waals surface area contributed by atoms with Crippen molar-refractivity contribution in [1.29, 1.82) is 0 Å². The van der Waals surface area contributed by atoms with Crippen molar-refractivity contribution in [3.05, 3.63) is 78.4 Å². The molecule has 1 aliphatic carbocycles. The van der Waals surface area contributed by atoms with Crippen molar-refractivity contribution >= 4 is 38.6 Å². The van der Waals surface area contributed by atoms with Crippen LogP contribution in [0.4, 0.5) is 5.69 Å². The van der Waals surface area contributed by atoms with Gasteiger partial charge < -0.3 is 10.1 Å². The number of ether oxygens (including phenoxy) is 1. The maximum absolute atomic E-state index is 14.8. The van der Waals surface area contributed by atoms with Crippen LogP contribution in [-0.4, -0.2) is 65.8 Å². The molecule has 1 saturated heterocycles. The highest BCUT2D eigenvalue weighted by atomic mass is 32.2. The lowest BCUT2D eigenvalue weighted by Gasteiger charge is -2.35. The van der Waals surface area contributed by atoms with E-state index in [-0.39, 0.29) is 22.8 Å². The number of sulfonamides is 1. The van der Waals surface area contributed by atoms with Gasteiger partial charge in [-0.15, -0.1) is 5.10 Å². The summed E-state index contributed by atoms with van der Waals surface area (Å²) in [6.45, 7) is 4.74. The summed E-state index contributed by atoms with van der Waals surface area (Å²) in [7, 11) is -2.16. The molecular weight excluding hydrogens is 628 g/mol. The summed E-state index contributed by atoms with van der Waals surface area (Å²) in [6, 6.07) is 18.9. The normalized spacial score (nSPS) is 19.0. The molecule has 0 bridgehead atoms. The molecule has 0 radical (unpaired) electrons. The standard InChI is InChI=1S/C36H44N6O5S/c1-25-10-9-23-40(24-25)48(45,46)31-21-17-29(18-22-31)41(36(44)26(2)42-33-14-8-7-13-32(33)38-39-42)34(27-15-19-30(47-3)20-16-27)35(43)37-28-11-5-4-6-12-28/h7-8,13-22,25-26,28,34H,4-6,9-12,23-24H2,1-3H3,(H,37,43). The Kier molecular flexibility index (Phi) is 10.1. The fourth-order valence-corrected chi connectivity index (χ4v) is 8.50. The predicted octanol–water partition coefficient (Wildman–Crippen LogP) is 5.64. The fraction of sp³-hybridized carbons (Fsp3) is 0.444. The van der Waals surface area contributed by atoms with E-state index in [1.165, 1.54) is 21.3 Å². The molecule has 4 aromatic rings. The summed E-state index contributed by atoms with van der Waals surface area (Å²) < 4.78 is 35.8. The Labute approximate surface area is 282 Å². The van der Waals surface area contributed by atoms with Crippen LogP contribution in [0.1, 0.15) is 76.4 Å². The zero-order valence-corrected chi connectivity index (χ0v) is 28.6. The van der Waals surface area contributed by atoms with Crippen LogP contribution in [-0.2, 0) is 19.6 Å². The lowest BCUT2D eigenvalue weighted by Crippen LogP contribution is -2.49. The smallest absolute Gasteiger partial charge is 0.252 e. The zero-order valence-electron chi connectivity index (χ0n) is 27.8. The van der Waals surface area contributed by atoms with Gasteiger partial charge in [-0.3, -0.25) is 14.5 Å². The number of rotatable bonds is 10. The minimum Gasteiger partial charge on any atom is -0.497 e. The van der Waals surface area contributed by atoms with E-state index in [0.717, 1.165) is 44.9 Å². The molecule has 1 aromatic heterocycles. The third-order valence-electron chi connectivity index (χ3n) is 9.60. The Bertz CT molecular complexity index is 1840. The summed E-state index contributed by atoms with van der Waals surface area (Å²) in [5, 5.41) is 11.8. The van der Waals surface area contributed by atoms with E-state index in [2.05, 4.69) is 22.6 Å². The summed E-state index contributed by atoms with van der Waals surface area (Å²) in [5.74, 6) is 0.191. The quantitative estimate of drug-likeness (QED) is 0.231. The first-order valence-corrected chi connectivity index (χ1v) is 18.3. The van der Waals surface area contributed by atoms with E-state index in [9.17, 15) is 18.0 Å². The van der Waals surface area contributed by atoms with Crippen LogP contribution in [0.2, 0.25) is 0 Å². The summed E-state index contributed by atoms with van der Waals surface area (Å²) >= 11 is 0. The molecule has 11 nitrogen and oxygen atoms in total. The van der Waals surface area contributed by atoms with Gasteiger partial charge in [-0.1, -0.05) is 55.7 Å². The number of hydrogen-bond acceptors (Lipinski definition) is 7. The second kappa shape index (κ2) is 14.4. The lowest BCUT2D eigenvalue weighted by molar-refractivity contribution is -0.128. The van der Waals surface area contributed by atoms with Gasteiger partial charge in [0.25, 0.3) is 5.91 Å². The minimum absolute atomic E-state index is 0.0000799. The van der Waals surface area contributed by atoms with Gasteiger partial charge in [-0.2, -0.15) is 4.31 Å². The van der Waals surface area contributed by atoms with Crippen LogP contribution in [0.25, 0.3) is 11.0 Å². The maximum atomic E-state index is 14.8. The molecular formula is C36H44N6O5S. The van der Waals surface area contributed by atoms with E-state index < -0.39 is 28.0 Å². The van der Waals surface area contributed by atoms with Crippen molar-refractivity contribution in [2.24, 2.45) is 5.92 Å². The first-order chi connectivity index (χ1) is 23.2. The third kappa shape index (κ3) is 6.95. The minimum atomic E-state index is -3.74. The van der Waals surface area contributed by atoms with Crippen molar-refractivity contribution in [2.45, 2.75) is 81.8 Å². The molecule has 1 saturated carbocycles. The van der Waals surface area contributed by atoms with Crippen molar-refractivity contribution < 1.29 is 22.7 Å². The number of amides is 2. The Morgan fingerprint density at radius 1 is 0.938 bits per heavy atom. The monoisotopic (exact) mass is 672 g/mol. The molecule has 12 heteroatoms. The summed E-state index contributed by atoms with van der Waals surface area (Å²) in [4.78, 5) is 30.8. The molecule has 3 aromatic carbocycles. The lowest BCUT2D eigenvalue weighted by atomic mass is 9.94. The average molecular weight is 673 g/mol. The summed E-state index contributed by atoms with van der Waals surface area (Å²) in [6.07, 6.45) is 6.75. The Morgan fingerprint density at radius 3 is 2.33 bits per heavy atom. The van der Waals surface area contributed by atoms with Gasteiger partial charge in [-0.05, 0) is 92.6 Å². The van der Waals surface area contributed by atoms with Crippen LogP contribution < -0.4 is 15.0 Å². The predicted molar refractivity (Wildman–Crippen MR) is 184 cm³/mol. The van der Waals surface area contributed by atoms with Crippen LogP contribution in [0, 0.1) is 5.92 Å². The maximum Gasteiger partial charge on any atom is 0.252 e. The number of fused-ring (bicyclic) bond motifs is 1. The molecule has 2 heterocycles. The number of anilines is 1. The van der Waals surface area contributed by atoms with E-state index in [0.29, 0.717) is 41.1 Å². The Hall–Kier alpha value is -4.29. The first kappa shape index (κ1) is 33.6. The molecule has 6 rings (SSSR count). The van der Waals surface area contributed by atoms with Gasteiger partial charge in [0.1, 0.15) is 23.3 Å². The molecule has 2 amide bonds. The highest BCUT2D eigenvalue weighted by Crippen LogP contribution is 2.34. The van der Waals surface area contributed by atoms with E-state index in [1.807, 2.05) is 24.3 Å². The number of nitrogens with zero attached hydrogens (tertiary/aromatic N) is 5. The number of carbonyl (C=O) groups excluding carboxylic acids is 2. The largest absolute Gasteiger partial charge is 0.497 e. The van der Waals surface area contributed by atoms with Gasteiger partial charge >= 0.3 is 0 Å². The Balaban J connectivity index is 1.43. The molecule has 0 spiro atoms. The van der Waals surface area contributed by atoms with Crippen molar-refractivity contribution in [2.75, 3.05) is 25.1 Å². The molecule has 1 aliphatic heterocycles. The Morgan fingerprint density at radius 2 is 1.65 bits per heavy atom. The van der Waals surface area contributed by atoms with E-state index >= 15 is 0 Å². The number of hydrogen-bond donors (Lipinski definition) is 1. The molecule has 2 aliphatic rings. The van der Waals surface area contributed by atoms with E-state index in [4.69, 9.17) is 4.74 Å².